The molecular formula is C13H13FN2O2. The fraction of sp³-hybridized carbons (Fsp3) is 0.231. The van der Waals surface area contributed by atoms with Crippen LogP contribution in [0.4, 0.5) is 4.39 Å². The van der Waals surface area contributed by atoms with Gasteiger partial charge < -0.3 is 9.72 Å². The van der Waals surface area contributed by atoms with Crippen LogP contribution in [0.3, 0.4) is 0 Å². The Morgan fingerprint density at radius 1 is 1.33 bits per heavy atom. The van der Waals surface area contributed by atoms with Gasteiger partial charge in [0.25, 0.3) is 5.56 Å². The van der Waals surface area contributed by atoms with Crippen LogP contribution in [-0.2, 0) is 11.3 Å². The van der Waals surface area contributed by atoms with E-state index in [0.717, 1.165) is 0 Å². The van der Waals surface area contributed by atoms with Crippen LogP contribution >= 0.6 is 0 Å². The summed E-state index contributed by atoms with van der Waals surface area (Å²) in [6.07, 6.45) is 0. The highest BCUT2D eigenvalue weighted by Gasteiger charge is 2.04. The maximum absolute atomic E-state index is 12.8. The average molecular weight is 248 g/mol. The van der Waals surface area contributed by atoms with Gasteiger partial charge in [-0.05, 0) is 31.2 Å². The summed E-state index contributed by atoms with van der Waals surface area (Å²) in [6, 6.07) is 7.21. The minimum absolute atomic E-state index is 0.251. The number of aromatic amines is 1. The molecule has 0 fully saturated rings. The van der Waals surface area contributed by atoms with Crippen molar-refractivity contribution in [2.24, 2.45) is 0 Å². The number of hydrogen-bond acceptors (Lipinski definition) is 3. The number of ether oxygens (including phenoxy) is 1. The smallest absolute Gasteiger partial charge is 0.251 e. The zero-order valence-corrected chi connectivity index (χ0v) is 9.94. The monoisotopic (exact) mass is 248 g/mol. The molecule has 0 atom stereocenters. The number of nitrogens with zero attached hydrogens (tertiary/aromatic N) is 1. The number of hydrogen-bond donors (Lipinski definition) is 1. The summed E-state index contributed by atoms with van der Waals surface area (Å²) in [6.45, 7) is 2.66. The molecule has 4 nitrogen and oxygen atoms in total. The van der Waals surface area contributed by atoms with E-state index in [-0.39, 0.29) is 18.0 Å². The van der Waals surface area contributed by atoms with Crippen molar-refractivity contribution in [1.29, 1.82) is 0 Å². The summed E-state index contributed by atoms with van der Waals surface area (Å²) >= 11 is 0. The van der Waals surface area contributed by atoms with E-state index in [2.05, 4.69) is 9.97 Å². The molecule has 0 unspecified atom stereocenters. The lowest BCUT2D eigenvalue weighted by molar-refractivity contribution is 0.128. The Hall–Kier alpha value is -2.01. The Bertz CT molecular complexity index is 578. The largest absolute Gasteiger partial charge is 0.374 e. The van der Waals surface area contributed by atoms with Crippen molar-refractivity contribution in [3.8, 4) is 11.3 Å². The van der Waals surface area contributed by atoms with Gasteiger partial charge in [0.15, 0.2) is 0 Å². The van der Waals surface area contributed by atoms with Gasteiger partial charge in [-0.1, -0.05) is 0 Å². The van der Waals surface area contributed by atoms with Crippen LogP contribution < -0.4 is 5.56 Å². The van der Waals surface area contributed by atoms with Crippen molar-refractivity contribution in [3.63, 3.8) is 0 Å². The molecular weight excluding hydrogens is 235 g/mol. The molecule has 2 rings (SSSR count). The Labute approximate surface area is 103 Å². The number of rotatable bonds is 4. The lowest BCUT2D eigenvalue weighted by atomic mass is 10.1. The first kappa shape index (κ1) is 12.4. The predicted molar refractivity (Wildman–Crippen MR) is 65.6 cm³/mol. The van der Waals surface area contributed by atoms with Crippen LogP contribution in [0.15, 0.2) is 35.1 Å². The van der Waals surface area contributed by atoms with E-state index in [4.69, 9.17) is 4.74 Å². The Morgan fingerprint density at radius 2 is 2.06 bits per heavy atom. The van der Waals surface area contributed by atoms with Gasteiger partial charge in [0, 0.05) is 18.2 Å². The molecule has 2 aromatic rings. The molecule has 0 aliphatic carbocycles. The second kappa shape index (κ2) is 5.55. The molecule has 94 valence electrons. The third-order valence-electron chi connectivity index (χ3n) is 2.37. The molecule has 18 heavy (non-hydrogen) atoms. The van der Waals surface area contributed by atoms with Crippen LogP contribution in [0.25, 0.3) is 11.3 Å². The topological polar surface area (TPSA) is 55.0 Å². The third kappa shape index (κ3) is 3.01. The fourth-order valence-corrected chi connectivity index (χ4v) is 1.54. The normalized spacial score (nSPS) is 10.6. The summed E-state index contributed by atoms with van der Waals surface area (Å²) in [7, 11) is 0. The second-order valence-corrected chi connectivity index (χ2v) is 3.72. The van der Waals surface area contributed by atoms with Gasteiger partial charge in [0.1, 0.15) is 18.2 Å². The fourth-order valence-electron chi connectivity index (χ4n) is 1.54. The molecule has 1 aromatic carbocycles. The van der Waals surface area contributed by atoms with Gasteiger partial charge in [0.05, 0.1) is 5.69 Å². The first-order valence-electron chi connectivity index (χ1n) is 5.63. The highest BCUT2D eigenvalue weighted by atomic mass is 19.1. The minimum atomic E-state index is -0.321. The molecule has 5 heteroatoms. The van der Waals surface area contributed by atoms with E-state index in [1.54, 1.807) is 12.1 Å². The molecule has 1 aromatic heterocycles. The lowest BCUT2D eigenvalue weighted by Gasteiger charge is -2.04. The summed E-state index contributed by atoms with van der Waals surface area (Å²) in [4.78, 5) is 18.4. The third-order valence-corrected chi connectivity index (χ3v) is 2.37. The SMILES string of the molecule is CCOCc1nc(-c2ccc(F)cc2)cc(=O)[nH]1. The van der Waals surface area contributed by atoms with Crippen molar-refractivity contribution in [2.45, 2.75) is 13.5 Å². The molecule has 1 N–H and O–H groups in total. The van der Waals surface area contributed by atoms with E-state index >= 15 is 0 Å². The summed E-state index contributed by atoms with van der Waals surface area (Å²) < 4.78 is 18.0. The molecule has 0 amide bonds. The summed E-state index contributed by atoms with van der Waals surface area (Å²) in [5.41, 5.74) is 0.952. The van der Waals surface area contributed by atoms with Crippen LogP contribution in [-0.4, -0.2) is 16.6 Å². The maximum atomic E-state index is 12.8. The molecule has 0 aliphatic heterocycles. The number of halogens is 1. The number of benzene rings is 1. The molecule has 0 bridgehead atoms. The zero-order valence-electron chi connectivity index (χ0n) is 9.94. The van der Waals surface area contributed by atoms with Gasteiger partial charge in [0.2, 0.25) is 0 Å². The van der Waals surface area contributed by atoms with Crippen LogP contribution in [0.2, 0.25) is 0 Å². The molecule has 1 heterocycles. The summed E-state index contributed by atoms with van der Waals surface area (Å²) in [5.74, 6) is 0.141. The number of nitrogens with one attached hydrogen (secondary N) is 1. The van der Waals surface area contributed by atoms with E-state index in [0.29, 0.717) is 23.7 Å². The Kier molecular flexibility index (Phi) is 3.84. The number of H-pyrrole nitrogens is 1. The van der Waals surface area contributed by atoms with Gasteiger partial charge in [-0.3, -0.25) is 4.79 Å². The van der Waals surface area contributed by atoms with E-state index in [9.17, 15) is 9.18 Å². The van der Waals surface area contributed by atoms with Crippen molar-refractivity contribution in [1.82, 2.24) is 9.97 Å². The van der Waals surface area contributed by atoms with Gasteiger partial charge >= 0.3 is 0 Å². The standard InChI is InChI=1S/C13H13FN2O2/c1-2-18-8-12-15-11(7-13(17)16-12)9-3-5-10(14)6-4-9/h3-7H,2,8H2,1H3,(H,15,16,17). The quantitative estimate of drug-likeness (QED) is 0.901. The van der Waals surface area contributed by atoms with Crippen molar-refractivity contribution < 1.29 is 9.13 Å². The molecule has 0 saturated heterocycles. The highest BCUT2D eigenvalue weighted by Crippen LogP contribution is 2.15. The summed E-state index contributed by atoms with van der Waals surface area (Å²) in [5, 5.41) is 0. The van der Waals surface area contributed by atoms with E-state index in [1.165, 1.54) is 18.2 Å². The van der Waals surface area contributed by atoms with E-state index in [1.807, 2.05) is 6.92 Å². The molecule has 0 radical (unpaired) electrons. The second-order valence-electron chi connectivity index (χ2n) is 3.72. The van der Waals surface area contributed by atoms with Crippen LogP contribution in [0.1, 0.15) is 12.7 Å². The molecule has 0 spiro atoms. The van der Waals surface area contributed by atoms with Gasteiger partial charge in [-0.2, -0.15) is 0 Å². The predicted octanol–water partition coefficient (Wildman–Crippen LogP) is 2.11. The average Bonchev–Trinajstić information content (AvgIpc) is 2.36. The van der Waals surface area contributed by atoms with Gasteiger partial charge in [-0.15, -0.1) is 0 Å². The molecule has 0 aliphatic rings. The minimum Gasteiger partial charge on any atom is -0.374 e. The highest BCUT2D eigenvalue weighted by molar-refractivity contribution is 5.58. The zero-order chi connectivity index (χ0) is 13.0. The van der Waals surface area contributed by atoms with Crippen molar-refractivity contribution in [3.05, 3.63) is 52.3 Å². The van der Waals surface area contributed by atoms with Crippen molar-refractivity contribution >= 4 is 0 Å². The lowest BCUT2D eigenvalue weighted by Crippen LogP contribution is -2.12. The Morgan fingerprint density at radius 3 is 2.72 bits per heavy atom. The van der Waals surface area contributed by atoms with Gasteiger partial charge in [-0.25, -0.2) is 9.37 Å². The van der Waals surface area contributed by atoms with Crippen molar-refractivity contribution in [2.75, 3.05) is 6.61 Å². The number of aromatic nitrogens is 2. The van der Waals surface area contributed by atoms with Crippen LogP contribution in [0, 0.1) is 5.82 Å². The molecule has 0 saturated carbocycles. The first-order valence-corrected chi connectivity index (χ1v) is 5.63. The Balaban J connectivity index is 2.35. The van der Waals surface area contributed by atoms with Crippen LogP contribution in [0.5, 0.6) is 0 Å². The first-order chi connectivity index (χ1) is 8.69. The maximum Gasteiger partial charge on any atom is 0.251 e. The van der Waals surface area contributed by atoms with E-state index < -0.39 is 0 Å².